The van der Waals surface area contributed by atoms with Crippen LogP contribution < -0.4 is 5.32 Å². The summed E-state index contributed by atoms with van der Waals surface area (Å²) in [4.78, 5) is 10.7. The van der Waals surface area contributed by atoms with Gasteiger partial charge in [-0.1, -0.05) is 44.2 Å². The number of benzene rings is 1. The molecule has 0 aliphatic rings. The fourth-order valence-corrected chi connectivity index (χ4v) is 0.795. The molecule has 1 rings (SSSR count). The molecule has 0 radical (unpaired) electrons. The van der Waals surface area contributed by atoms with Crippen molar-refractivity contribution in [2.75, 3.05) is 7.05 Å². The molecule has 14 heavy (non-hydrogen) atoms. The second-order valence-corrected chi connectivity index (χ2v) is 2.31. The largest absolute Gasteiger partial charge is 0.445 e. The summed E-state index contributed by atoms with van der Waals surface area (Å²) in [5, 5.41) is 2.37. The summed E-state index contributed by atoms with van der Waals surface area (Å²) >= 11 is 0. The lowest BCUT2D eigenvalue weighted by atomic mass is 10.2. The summed E-state index contributed by atoms with van der Waals surface area (Å²) in [6, 6.07) is 9.54. The van der Waals surface area contributed by atoms with E-state index in [1.165, 1.54) is 7.05 Å². The average Bonchev–Trinajstić information content (AvgIpc) is 2.30. The third-order valence-electron chi connectivity index (χ3n) is 1.42. The Hall–Kier alpha value is -1.51. The number of carbonyl (C=O) groups is 1. The van der Waals surface area contributed by atoms with E-state index in [2.05, 4.69) is 5.32 Å². The van der Waals surface area contributed by atoms with Gasteiger partial charge in [0, 0.05) is 8.47 Å². The molecule has 3 heteroatoms. The number of nitrogens with one attached hydrogen (secondary N) is 1. The SMILES string of the molecule is CC.CNC(=O)OCc1ccccc1.[HH]. The van der Waals surface area contributed by atoms with Crippen molar-refractivity contribution >= 4 is 6.09 Å². The lowest BCUT2D eigenvalue weighted by Crippen LogP contribution is -2.18. The van der Waals surface area contributed by atoms with Gasteiger partial charge in [-0.25, -0.2) is 4.79 Å². The van der Waals surface area contributed by atoms with E-state index in [9.17, 15) is 4.79 Å². The molecule has 0 atom stereocenters. The van der Waals surface area contributed by atoms with Crippen LogP contribution in [0.3, 0.4) is 0 Å². The highest BCUT2D eigenvalue weighted by atomic mass is 16.5. The zero-order valence-corrected chi connectivity index (χ0v) is 8.91. The van der Waals surface area contributed by atoms with E-state index < -0.39 is 6.09 Å². The molecule has 1 amide bonds. The van der Waals surface area contributed by atoms with Gasteiger partial charge in [0.1, 0.15) is 6.61 Å². The Bertz CT molecular complexity index is 252. The van der Waals surface area contributed by atoms with E-state index in [4.69, 9.17) is 4.74 Å². The molecule has 0 aromatic heterocycles. The van der Waals surface area contributed by atoms with Gasteiger partial charge in [-0.3, -0.25) is 0 Å². The molecule has 0 saturated heterocycles. The Morgan fingerprint density at radius 3 is 2.43 bits per heavy atom. The highest BCUT2D eigenvalue weighted by Crippen LogP contribution is 1.99. The van der Waals surface area contributed by atoms with Gasteiger partial charge in [-0.2, -0.15) is 0 Å². The number of carbonyl (C=O) groups excluding carboxylic acids is 1. The van der Waals surface area contributed by atoms with Crippen LogP contribution in [0.25, 0.3) is 0 Å². The maximum Gasteiger partial charge on any atom is 0.407 e. The van der Waals surface area contributed by atoms with Crippen molar-refractivity contribution in [3.05, 3.63) is 35.9 Å². The number of hydrogen-bond donors (Lipinski definition) is 1. The van der Waals surface area contributed by atoms with Gasteiger partial charge in [0.05, 0.1) is 0 Å². The summed E-state index contributed by atoms with van der Waals surface area (Å²) in [6.45, 7) is 4.32. The lowest BCUT2D eigenvalue weighted by Gasteiger charge is -2.02. The number of ether oxygens (including phenoxy) is 1. The fraction of sp³-hybridized carbons (Fsp3) is 0.364. The van der Waals surface area contributed by atoms with E-state index in [1.807, 2.05) is 44.2 Å². The third kappa shape index (κ3) is 5.19. The van der Waals surface area contributed by atoms with E-state index in [0.29, 0.717) is 6.61 Å². The molecule has 0 unspecified atom stereocenters. The van der Waals surface area contributed by atoms with Crippen molar-refractivity contribution in [1.82, 2.24) is 5.32 Å². The van der Waals surface area contributed by atoms with Crippen molar-refractivity contribution in [1.29, 1.82) is 0 Å². The van der Waals surface area contributed by atoms with E-state index in [1.54, 1.807) is 0 Å². The predicted octanol–water partition coefficient (Wildman–Crippen LogP) is 2.81. The number of amides is 1. The highest BCUT2D eigenvalue weighted by Gasteiger charge is 1.96. The zero-order chi connectivity index (χ0) is 10.8. The molecule has 80 valence electrons. The first kappa shape index (κ1) is 12.5. The molecule has 0 aliphatic carbocycles. The molecular weight excluding hydrogens is 178 g/mol. The summed E-state index contributed by atoms with van der Waals surface area (Å²) in [7, 11) is 1.54. The minimum absolute atomic E-state index is 0. The molecule has 0 saturated carbocycles. The van der Waals surface area contributed by atoms with Crippen molar-refractivity contribution in [2.45, 2.75) is 20.5 Å². The molecule has 1 aromatic carbocycles. The Morgan fingerprint density at radius 2 is 1.93 bits per heavy atom. The highest BCUT2D eigenvalue weighted by molar-refractivity contribution is 5.66. The standard InChI is InChI=1S/C9H11NO2.C2H6.H2/c1-10-9(11)12-7-8-5-3-2-4-6-8;1-2;/h2-6H,7H2,1H3,(H,10,11);1-2H3;1H. The number of rotatable bonds is 2. The molecule has 3 nitrogen and oxygen atoms in total. The second-order valence-electron chi connectivity index (χ2n) is 2.31. The van der Waals surface area contributed by atoms with Crippen LogP contribution in [-0.2, 0) is 11.3 Å². The molecule has 1 N–H and O–H groups in total. The fourth-order valence-electron chi connectivity index (χ4n) is 0.795. The molecule has 0 spiro atoms. The van der Waals surface area contributed by atoms with Crippen LogP contribution in [0, 0.1) is 0 Å². The molecule has 0 bridgehead atoms. The van der Waals surface area contributed by atoms with Crippen LogP contribution in [0.5, 0.6) is 0 Å². The van der Waals surface area contributed by atoms with E-state index in [0.717, 1.165) is 5.56 Å². The van der Waals surface area contributed by atoms with Gasteiger partial charge in [0.2, 0.25) is 0 Å². The van der Waals surface area contributed by atoms with Gasteiger partial charge in [-0.15, -0.1) is 0 Å². The summed E-state index contributed by atoms with van der Waals surface area (Å²) in [5.74, 6) is 0. The van der Waals surface area contributed by atoms with Gasteiger partial charge >= 0.3 is 6.09 Å². The van der Waals surface area contributed by atoms with Crippen molar-refractivity contribution < 1.29 is 11.0 Å². The Morgan fingerprint density at radius 1 is 1.36 bits per heavy atom. The topological polar surface area (TPSA) is 38.3 Å². The molecule has 0 fully saturated rings. The summed E-state index contributed by atoms with van der Waals surface area (Å²) in [6.07, 6.45) is -0.404. The third-order valence-corrected chi connectivity index (χ3v) is 1.42. The zero-order valence-electron chi connectivity index (χ0n) is 8.91. The maximum absolute atomic E-state index is 10.7. The van der Waals surface area contributed by atoms with Gasteiger partial charge < -0.3 is 10.1 Å². The van der Waals surface area contributed by atoms with E-state index in [-0.39, 0.29) is 1.43 Å². The minimum Gasteiger partial charge on any atom is -0.445 e. The Labute approximate surface area is 86.6 Å². The van der Waals surface area contributed by atoms with Crippen molar-refractivity contribution in [3.8, 4) is 0 Å². The Kier molecular flexibility index (Phi) is 7.23. The Balaban J connectivity index is 0. The van der Waals surface area contributed by atoms with Crippen molar-refractivity contribution in [3.63, 3.8) is 0 Å². The predicted molar refractivity (Wildman–Crippen MR) is 59.1 cm³/mol. The van der Waals surface area contributed by atoms with Crippen LogP contribution in [0.1, 0.15) is 20.8 Å². The summed E-state index contributed by atoms with van der Waals surface area (Å²) < 4.78 is 4.83. The van der Waals surface area contributed by atoms with E-state index >= 15 is 0 Å². The first-order valence-electron chi connectivity index (χ1n) is 4.71. The van der Waals surface area contributed by atoms with Gasteiger partial charge in [0.25, 0.3) is 0 Å². The minimum atomic E-state index is -0.404. The second kappa shape index (κ2) is 8.10. The van der Waals surface area contributed by atoms with Crippen LogP contribution >= 0.6 is 0 Å². The monoisotopic (exact) mass is 197 g/mol. The molecular formula is C11H19NO2. The first-order valence-corrected chi connectivity index (χ1v) is 4.71. The first-order chi connectivity index (χ1) is 6.83. The molecule has 1 aromatic rings. The maximum atomic E-state index is 10.7. The van der Waals surface area contributed by atoms with Crippen LogP contribution in [0.15, 0.2) is 30.3 Å². The number of alkyl carbamates (subject to hydrolysis) is 1. The quantitative estimate of drug-likeness (QED) is 0.791. The smallest absolute Gasteiger partial charge is 0.407 e. The van der Waals surface area contributed by atoms with Crippen molar-refractivity contribution in [2.24, 2.45) is 0 Å². The normalized spacial score (nSPS) is 8.21. The van der Waals surface area contributed by atoms with Gasteiger partial charge in [0.15, 0.2) is 0 Å². The summed E-state index contributed by atoms with van der Waals surface area (Å²) in [5.41, 5.74) is 0.987. The van der Waals surface area contributed by atoms with Crippen LogP contribution in [-0.4, -0.2) is 13.1 Å². The van der Waals surface area contributed by atoms with Crippen LogP contribution in [0.4, 0.5) is 4.79 Å². The average molecular weight is 197 g/mol. The molecule has 0 aliphatic heterocycles. The molecule has 0 heterocycles. The lowest BCUT2D eigenvalue weighted by molar-refractivity contribution is 0.142. The van der Waals surface area contributed by atoms with Gasteiger partial charge in [-0.05, 0) is 5.56 Å². The van der Waals surface area contributed by atoms with Crippen LogP contribution in [0.2, 0.25) is 0 Å². The number of hydrogen-bond acceptors (Lipinski definition) is 2.